The lowest BCUT2D eigenvalue weighted by Crippen LogP contribution is -2.13. The third-order valence-electron chi connectivity index (χ3n) is 3.28. The SMILES string of the molecule is O=c1[nH]c2ccccc2cc1NCc1ccc(O)c(O)c1. The topological polar surface area (TPSA) is 85.4 Å². The van der Waals surface area contributed by atoms with Gasteiger partial charge in [-0.3, -0.25) is 4.79 Å². The highest BCUT2D eigenvalue weighted by Crippen LogP contribution is 2.25. The zero-order chi connectivity index (χ0) is 14.8. The first-order valence-corrected chi connectivity index (χ1v) is 6.50. The van der Waals surface area contributed by atoms with Crippen molar-refractivity contribution in [2.24, 2.45) is 0 Å². The molecule has 5 heteroatoms. The van der Waals surface area contributed by atoms with Crippen molar-refractivity contribution in [1.82, 2.24) is 4.98 Å². The van der Waals surface area contributed by atoms with Gasteiger partial charge in [0.25, 0.3) is 5.56 Å². The molecular formula is C16H14N2O3. The average Bonchev–Trinajstić information content (AvgIpc) is 2.48. The number of pyridine rings is 1. The molecule has 0 saturated carbocycles. The highest BCUT2D eigenvalue weighted by molar-refractivity contribution is 5.81. The summed E-state index contributed by atoms with van der Waals surface area (Å²) in [6.45, 7) is 0.370. The van der Waals surface area contributed by atoms with Crippen molar-refractivity contribution < 1.29 is 10.2 Å². The molecule has 3 aromatic rings. The Morgan fingerprint density at radius 3 is 2.62 bits per heavy atom. The van der Waals surface area contributed by atoms with Crippen molar-refractivity contribution in [3.63, 3.8) is 0 Å². The van der Waals surface area contributed by atoms with Gasteiger partial charge in [-0.1, -0.05) is 24.3 Å². The van der Waals surface area contributed by atoms with Gasteiger partial charge in [-0.15, -0.1) is 0 Å². The third kappa shape index (κ3) is 2.67. The molecule has 0 unspecified atom stereocenters. The molecule has 0 radical (unpaired) electrons. The minimum Gasteiger partial charge on any atom is -0.504 e. The number of hydrogen-bond donors (Lipinski definition) is 4. The van der Waals surface area contributed by atoms with Crippen LogP contribution in [0.5, 0.6) is 11.5 Å². The van der Waals surface area contributed by atoms with Crippen molar-refractivity contribution in [3.05, 3.63) is 64.4 Å². The van der Waals surface area contributed by atoms with Crippen molar-refractivity contribution in [3.8, 4) is 11.5 Å². The number of phenols is 2. The lowest BCUT2D eigenvalue weighted by Gasteiger charge is -2.08. The predicted molar refractivity (Wildman–Crippen MR) is 81.7 cm³/mol. The summed E-state index contributed by atoms with van der Waals surface area (Å²) in [5.41, 5.74) is 1.81. The van der Waals surface area contributed by atoms with Gasteiger partial charge in [-0.2, -0.15) is 0 Å². The number of hydrogen-bond acceptors (Lipinski definition) is 4. The van der Waals surface area contributed by atoms with Crippen LogP contribution in [0.2, 0.25) is 0 Å². The van der Waals surface area contributed by atoms with Gasteiger partial charge in [0.15, 0.2) is 11.5 Å². The smallest absolute Gasteiger partial charge is 0.271 e. The summed E-state index contributed by atoms with van der Waals surface area (Å²) < 4.78 is 0. The fourth-order valence-electron chi connectivity index (χ4n) is 2.15. The summed E-state index contributed by atoms with van der Waals surface area (Å²) in [6, 6.07) is 13.9. The van der Waals surface area contributed by atoms with E-state index in [4.69, 9.17) is 0 Å². The summed E-state index contributed by atoms with van der Waals surface area (Å²) in [5.74, 6) is -0.343. The molecule has 0 saturated heterocycles. The number of aromatic hydroxyl groups is 2. The first-order valence-electron chi connectivity index (χ1n) is 6.50. The molecule has 3 rings (SSSR count). The lowest BCUT2D eigenvalue weighted by molar-refractivity contribution is 0.403. The molecule has 0 bridgehead atoms. The molecule has 0 spiro atoms. The van der Waals surface area contributed by atoms with E-state index >= 15 is 0 Å². The third-order valence-corrected chi connectivity index (χ3v) is 3.28. The van der Waals surface area contributed by atoms with Gasteiger partial charge in [-0.25, -0.2) is 0 Å². The van der Waals surface area contributed by atoms with Gasteiger partial charge >= 0.3 is 0 Å². The number of para-hydroxylation sites is 1. The second-order valence-corrected chi connectivity index (χ2v) is 4.78. The molecule has 0 atom stereocenters. The Morgan fingerprint density at radius 2 is 1.81 bits per heavy atom. The zero-order valence-electron chi connectivity index (χ0n) is 11.1. The van der Waals surface area contributed by atoms with E-state index in [1.807, 2.05) is 24.3 Å². The van der Waals surface area contributed by atoms with Gasteiger partial charge < -0.3 is 20.5 Å². The van der Waals surface area contributed by atoms with Gasteiger partial charge in [0.1, 0.15) is 5.69 Å². The van der Waals surface area contributed by atoms with Gasteiger partial charge in [-0.05, 0) is 29.8 Å². The van der Waals surface area contributed by atoms with Crippen LogP contribution in [0.25, 0.3) is 10.9 Å². The minimum atomic E-state index is -0.197. The first-order chi connectivity index (χ1) is 10.1. The molecule has 4 N–H and O–H groups in total. The Hall–Kier alpha value is -2.95. The molecule has 0 amide bonds. The van der Waals surface area contributed by atoms with Crippen LogP contribution < -0.4 is 10.9 Å². The molecule has 5 nitrogen and oxygen atoms in total. The Labute approximate surface area is 120 Å². The van der Waals surface area contributed by atoms with Gasteiger partial charge in [0.2, 0.25) is 0 Å². The largest absolute Gasteiger partial charge is 0.504 e. The second-order valence-electron chi connectivity index (χ2n) is 4.78. The van der Waals surface area contributed by atoms with Crippen molar-refractivity contribution in [1.29, 1.82) is 0 Å². The van der Waals surface area contributed by atoms with E-state index in [1.165, 1.54) is 12.1 Å². The van der Waals surface area contributed by atoms with Crippen LogP contribution in [-0.4, -0.2) is 15.2 Å². The monoisotopic (exact) mass is 282 g/mol. The van der Waals surface area contributed by atoms with Crippen LogP contribution in [0.1, 0.15) is 5.56 Å². The van der Waals surface area contributed by atoms with Crippen molar-refractivity contribution >= 4 is 16.6 Å². The second kappa shape index (κ2) is 5.20. The highest BCUT2D eigenvalue weighted by atomic mass is 16.3. The summed E-state index contributed by atoms with van der Waals surface area (Å²) in [7, 11) is 0. The van der Waals surface area contributed by atoms with Crippen LogP contribution in [0.3, 0.4) is 0 Å². The number of benzene rings is 2. The van der Waals surface area contributed by atoms with E-state index in [1.54, 1.807) is 12.1 Å². The molecule has 1 aromatic heterocycles. The molecule has 0 aliphatic heterocycles. The van der Waals surface area contributed by atoms with E-state index in [9.17, 15) is 15.0 Å². The van der Waals surface area contributed by atoms with Gasteiger partial charge in [0, 0.05) is 17.4 Å². The molecule has 0 fully saturated rings. The Morgan fingerprint density at radius 1 is 1.00 bits per heavy atom. The maximum Gasteiger partial charge on any atom is 0.271 e. The maximum atomic E-state index is 12.0. The minimum absolute atomic E-state index is 0.165. The average molecular weight is 282 g/mol. The molecule has 106 valence electrons. The molecule has 1 heterocycles. The van der Waals surface area contributed by atoms with Crippen LogP contribution >= 0.6 is 0 Å². The summed E-state index contributed by atoms with van der Waals surface area (Å²) >= 11 is 0. The molecule has 0 aliphatic rings. The zero-order valence-corrected chi connectivity index (χ0v) is 11.1. The Kier molecular flexibility index (Phi) is 3.23. The maximum absolute atomic E-state index is 12.0. The van der Waals surface area contributed by atoms with E-state index in [0.717, 1.165) is 16.5 Å². The molecule has 21 heavy (non-hydrogen) atoms. The van der Waals surface area contributed by atoms with E-state index < -0.39 is 0 Å². The summed E-state index contributed by atoms with van der Waals surface area (Å²) in [6.07, 6.45) is 0. The number of aromatic amines is 1. The fourth-order valence-corrected chi connectivity index (χ4v) is 2.15. The summed E-state index contributed by atoms with van der Waals surface area (Å²) in [5, 5.41) is 22.7. The number of rotatable bonds is 3. The fraction of sp³-hybridized carbons (Fsp3) is 0.0625. The van der Waals surface area contributed by atoms with Crippen LogP contribution in [0.4, 0.5) is 5.69 Å². The van der Waals surface area contributed by atoms with Crippen LogP contribution in [-0.2, 0) is 6.54 Å². The van der Waals surface area contributed by atoms with Crippen LogP contribution in [0, 0.1) is 0 Å². The van der Waals surface area contributed by atoms with E-state index in [-0.39, 0.29) is 17.1 Å². The van der Waals surface area contributed by atoms with Gasteiger partial charge in [0.05, 0.1) is 0 Å². The van der Waals surface area contributed by atoms with Crippen molar-refractivity contribution in [2.75, 3.05) is 5.32 Å². The highest BCUT2D eigenvalue weighted by Gasteiger charge is 2.04. The quantitative estimate of drug-likeness (QED) is 0.556. The first kappa shape index (κ1) is 13.1. The Balaban J connectivity index is 1.86. The Bertz CT molecular complexity index is 856. The number of fused-ring (bicyclic) bond motifs is 1. The molecule has 0 aliphatic carbocycles. The number of phenolic OH excluding ortho intramolecular Hbond substituents is 2. The summed E-state index contributed by atoms with van der Waals surface area (Å²) in [4.78, 5) is 14.8. The lowest BCUT2D eigenvalue weighted by atomic mass is 10.2. The molecule has 2 aromatic carbocycles. The number of anilines is 1. The standard InChI is InChI=1S/C16H14N2O3/c19-14-6-5-10(7-15(14)20)9-17-13-8-11-3-1-2-4-12(11)18-16(13)21/h1-8,17,19-20H,9H2,(H,18,21). The normalized spacial score (nSPS) is 10.7. The van der Waals surface area contributed by atoms with E-state index in [0.29, 0.717) is 12.2 Å². The van der Waals surface area contributed by atoms with Crippen LogP contribution in [0.15, 0.2) is 53.3 Å². The predicted octanol–water partition coefficient (Wildman–Crippen LogP) is 2.55. The van der Waals surface area contributed by atoms with E-state index in [2.05, 4.69) is 10.3 Å². The number of H-pyrrole nitrogens is 1. The van der Waals surface area contributed by atoms with Crippen molar-refractivity contribution in [2.45, 2.75) is 6.54 Å². The number of aromatic nitrogens is 1. The molecular weight excluding hydrogens is 268 g/mol. The number of nitrogens with one attached hydrogen (secondary N) is 2.